The third-order valence-electron chi connectivity index (χ3n) is 3.89. The van der Waals surface area contributed by atoms with Crippen molar-refractivity contribution in [3.63, 3.8) is 0 Å². The van der Waals surface area contributed by atoms with Crippen LogP contribution in [0.25, 0.3) is 0 Å². The van der Waals surface area contributed by atoms with Crippen LogP contribution in [0, 0.1) is 6.92 Å². The Hall–Kier alpha value is -2.27. The van der Waals surface area contributed by atoms with E-state index in [2.05, 4.69) is 0 Å². The highest BCUT2D eigenvalue weighted by Crippen LogP contribution is 2.25. The summed E-state index contributed by atoms with van der Waals surface area (Å²) in [6.45, 7) is 2.77. The lowest BCUT2D eigenvalue weighted by Crippen LogP contribution is -2.23. The number of hydrogen-bond acceptors (Lipinski definition) is 4. The van der Waals surface area contributed by atoms with E-state index in [1.807, 2.05) is 43.3 Å². The maximum Gasteiger partial charge on any atom is 0.321 e. The van der Waals surface area contributed by atoms with Crippen molar-refractivity contribution in [2.75, 3.05) is 17.2 Å². The molecule has 0 N–H and O–H groups in total. The number of thioether (sulfide) groups is 1. The second-order valence-corrected chi connectivity index (χ2v) is 6.69. The number of carbonyl (C=O) groups excluding carboxylic acids is 2. The lowest BCUT2D eigenvalue weighted by atomic mass is 10.2. The second-order valence-electron chi connectivity index (χ2n) is 5.67. The summed E-state index contributed by atoms with van der Waals surface area (Å²) in [5, 5.41) is 0. The minimum absolute atomic E-state index is 0.148. The van der Waals surface area contributed by atoms with Gasteiger partial charge in [0.1, 0.15) is 5.75 Å². The van der Waals surface area contributed by atoms with Gasteiger partial charge in [0.05, 0.1) is 5.75 Å². The first-order valence-corrected chi connectivity index (χ1v) is 8.91. The number of hydrogen-bond donors (Lipinski definition) is 0. The fourth-order valence-electron chi connectivity index (χ4n) is 2.63. The van der Waals surface area contributed by atoms with Crippen LogP contribution in [0.5, 0.6) is 5.75 Å². The van der Waals surface area contributed by atoms with Crippen molar-refractivity contribution < 1.29 is 14.3 Å². The zero-order valence-electron chi connectivity index (χ0n) is 13.5. The minimum atomic E-state index is -0.284. The van der Waals surface area contributed by atoms with Crippen LogP contribution in [0.4, 0.5) is 5.69 Å². The molecule has 0 aromatic heterocycles. The summed E-state index contributed by atoms with van der Waals surface area (Å²) in [6, 6.07) is 15.1. The average molecular weight is 341 g/mol. The van der Waals surface area contributed by atoms with Crippen LogP contribution in [0.2, 0.25) is 0 Å². The second kappa shape index (κ2) is 7.53. The molecule has 1 amide bonds. The number of carbonyl (C=O) groups is 2. The molecule has 0 atom stereocenters. The Bertz CT molecular complexity index is 743. The van der Waals surface area contributed by atoms with Crippen molar-refractivity contribution in [2.24, 2.45) is 0 Å². The van der Waals surface area contributed by atoms with E-state index in [4.69, 9.17) is 4.74 Å². The van der Waals surface area contributed by atoms with Gasteiger partial charge in [0.25, 0.3) is 0 Å². The molecule has 3 rings (SSSR count). The number of nitrogens with zero attached hydrogens (tertiary/aromatic N) is 1. The quantitative estimate of drug-likeness (QED) is 0.471. The van der Waals surface area contributed by atoms with Gasteiger partial charge >= 0.3 is 5.97 Å². The lowest BCUT2D eigenvalue weighted by molar-refractivity contribution is -0.131. The van der Waals surface area contributed by atoms with E-state index < -0.39 is 0 Å². The molecule has 0 bridgehead atoms. The molecule has 5 heteroatoms. The summed E-state index contributed by atoms with van der Waals surface area (Å²) in [5.74, 6) is 0.625. The van der Waals surface area contributed by atoms with Gasteiger partial charge in [0, 0.05) is 23.5 Å². The van der Waals surface area contributed by atoms with Crippen LogP contribution in [0.1, 0.15) is 18.4 Å². The highest BCUT2D eigenvalue weighted by Gasteiger charge is 2.21. The molecule has 0 unspecified atom stereocenters. The predicted molar refractivity (Wildman–Crippen MR) is 95.6 cm³/mol. The summed E-state index contributed by atoms with van der Waals surface area (Å²) in [7, 11) is 0. The van der Waals surface area contributed by atoms with Crippen molar-refractivity contribution in [1.82, 2.24) is 0 Å². The molecule has 1 aliphatic heterocycles. The van der Waals surface area contributed by atoms with Gasteiger partial charge in [-0.05, 0) is 49.2 Å². The van der Waals surface area contributed by atoms with Gasteiger partial charge in [-0.25, -0.2) is 0 Å². The van der Waals surface area contributed by atoms with Gasteiger partial charge in [-0.2, -0.15) is 0 Å². The van der Waals surface area contributed by atoms with Crippen molar-refractivity contribution in [3.8, 4) is 5.75 Å². The summed E-state index contributed by atoms with van der Waals surface area (Å²) in [6.07, 6.45) is 1.50. The summed E-state index contributed by atoms with van der Waals surface area (Å²) < 4.78 is 5.36. The smallest absolute Gasteiger partial charge is 0.321 e. The average Bonchev–Trinajstić information content (AvgIpc) is 3.01. The van der Waals surface area contributed by atoms with Crippen molar-refractivity contribution >= 4 is 29.3 Å². The summed E-state index contributed by atoms with van der Waals surface area (Å²) in [5.41, 5.74) is 2.00. The molecule has 124 valence electrons. The number of aryl methyl sites for hydroxylation is 1. The van der Waals surface area contributed by atoms with E-state index >= 15 is 0 Å². The Morgan fingerprint density at radius 2 is 1.92 bits per heavy atom. The van der Waals surface area contributed by atoms with Gasteiger partial charge < -0.3 is 9.64 Å². The molecule has 1 heterocycles. The molecule has 0 radical (unpaired) electrons. The first kappa shape index (κ1) is 16.6. The fourth-order valence-corrected chi connectivity index (χ4v) is 3.43. The number of benzene rings is 2. The molecule has 1 fully saturated rings. The van der Waals surface area contributed by atoms with Crippen molar-refractivity contribution in [1.29, 1.82) is 0 Å². The molecular formula is C19H19NO3S. The van der Waals surface area contributed by atoms with E-state index in [9.17, 15) is 9.59 Å². The fraction of sp³-hybridized carbons (Fsp3) is 0.263. The highest BCUT2D eigenvalue weighted by molar-refractivity contribution is 8.00. The van der Waals surface area contributed by atoms with E-state index in [1.165, 1.54) is 11.8 Å². The van der Waals surface area contributed by atoms with Crippen LogP contribution in [0.3, 0.4) is 0 Å². The number of ether oxygens (including phenoxy) is 1. The van der Waals surface area contributed by atoms with Gasteiger partial charge in [-0.15, -0.1) is 11.8 Å². The van der Waals surface area contributed by atoms with Crippen LogP contribution >= 0.6 is 11.8 Å². The normalized spacial score (nSPS) is 14.0. The largest absolute Gasteiger partial charge is 0.426 e. The third kappa shape index (κ3) is 3.97. The number of rotatable bonds is 5. The molecule has 1 aliphatic rings. The first-order chi connectivity index (χ1) is 11.6. The Labute approximate surface area is 145 Å². The topological polar surface area (TPSA) is 46.6 Å². The molecule has 0 spiro atoms. The molecule has 0 saturated carbocycles. The Balaban J connectivity index is 1.55. The van der Waals surface area contributed by atoms with Crippen LogP contribution < -0.4 is 9.64 Å². The van der Waals surface area contributed by atoms with Crippen molar-refractivity contribution in [3.05, 3.63) is 54.1 Å². The van der Waals surface area contributed by atoms with Gasteiger partial charge in [0.15, 0.2) is 0 Å². The number of anilines is 1. The van der Waals surface area contributed by atoms with Gasteiger partial charge in [-0.1, -0.05) is 18.2 Å². The molecular weight excluding hydrogens is 322 g/mol. The first-order valence-electron chi connectivity index (χ1n) is 7.93. The lowest BCUT2D eigenvalue weighted by Gasteiger charge is -2.15. The van der Waals surface area contributed by atoms with E-state index in [-0.39, 0.29) is 17.6 Å². The maximum atomic E-state index is 12.0. The summed E-state index contributed by atoms with van der Waals surface area (Å²) in [4.78, 5) is 26.5. The van der Waals surface area contributed by atoms with Crippen LogP contribution in [-0.2, 0) is 9.59 Å². The molecule has 2 aromatic carbocycles. The van der Waals surface area contributed by atoms with Crippen molar-refractivity contribution in [2.45, 2.75) is 24.7 Å². The third-order valence-corrected chi connectivity index (χ3v) is 5.04. The van der Waals surface area contributed by atoms with Gasteiger partial charge in [-0.3, -0.25) is 9.59 Å². The summed E-state index contributed by atoms with van der Waals surface area (Å²) >= 11 is 1.47. The molecule has 2 aromatic rings. The van der Waals surface area contributed by atoms with E-state index in [0.717, 1.165) is 29.1 Å². The van der Waals surface area contributed by atoms with E-state index in [0.29, 0.717) is 12.2 Å². The van der Waals surface area contributed by atoms with Crippen LogP contribution in [0.15, 0.2) is 53.4 Å². The monoisotopic (exact) mass is 341 g/mol. The Kier molecular flexibility index (Phi) is 5.20. The zero-order chi connectivity index (χ0) is 16.9. The minimum Gasteiger partial charge on any atom is -0.426 e. The standard InChI is InChI=1S/C19H19NO3S/c1-14-5-2-3-6-17(14)24-13-19(22)23-16-10-8-15(9-11-16)20-12-4-7-18(20)21/h2-3,5-6,8-11H,4,7,12-13H2,1H3. The SMILES string of the molecule is Cc1ccccc1SCC(=O)Oc1ccc(N2CCCC2=O)cc1. The molecule has 0 aliphatic carbocycles. The number of amides is 1. The zero-order valence-corrected chi connectivity index (χ0v) is 14.3. The van der Waals surface area contributed by atoms with Crippen LogP contribution in [-0.4, -0.2) is 24.2 Å². The Morgan fingerprint density at radius 1 is 1.17 bits per heavy atom. The molecule has 24 heavy (non-hydrogen) atoms. The van der Waals surface area contributed by atoms with Gasteiger partial charge in [0.2, 0.25) is 5.91 Å². The molecule has 1 saturated heterocycles. The predicted octanol–water partition coefficient (Wildman–Crippen LogP) is 3.82. The Morgan fingerprint density at radius 3 is 2.58 bits per heavy atom. The van der Waals surface area contributed by atoms with E-state index in [1.54, 1.807) is 17.0 Å². The maximum absolute atomic E-state index is 12.0. The number of esters is 1. The highest BCUT2D eigenvalue weighted by atomic mass is 32.2. The molecule has 4 nitrogen and oxygen atoms in total.